The molecule has 164 valence electrons. The van der Waals surface area contributed by atoms with Crippen LogP contribution in [0.2, 0.25) is 0 Å². The fourth-order valence-electron chi connectivity index (χ4n) is 3.83. The molecule has 1 aromatic heterocycles. The summed E-state index contributed by atoms with van der Waals surface area (Å²) in [5, 5.41) is 15.9. The standard InChI is InChI=1S/C23H22N4O5/c28-22(23(29)25-18-7-3-8-19(13-18)27(30)31)24-14-20(21-9-4-12-32-21)26-11-10-16-5-1-2-6-17(16)15-26/h1-9,12-13,20H,10-11,14-15H2,(H,24,28)(H,25,29)/t20-/m0/s1. The minimum atomic E-state index is -0.896. The molecule has 0 saturated carbocycles. The van der Waals surface area contributed by atoms with Gasteiger partial charge in [-0.15, -0.1) is 0 Å². The van der Waals surface area contributed by atoms with Gasteiger partial charge in [0.25, 0.3) is 5.69 Å². The average Bonchev–Trinajstić information content (AvgIpc) is 3.33. The lowest BCUT2D eigenvalue weighted by atomic mass is 9.98. The Morgan fingerprint density at radius 1 is 1.06 bits per heavy atom. The van der Waals surface area contributed by atoms with Gasteiger partial charge in [-0.25, -0.2) is 0 Å². The first-order valence-corrected chi connectivity index (χ1v) is 10.2. The second-order valence-electron chi connectivity index (χ2n) is 7.49. The van der Waals surface area contributed by atoms with E-state index in [4.69, 9.17) is 4.42 Å². The summed E-state index contributed by atoms with van der Waals surface area (Å²) >= 11 is 0. The third-order valence-corrected chi connectivity index (χ3v) is 5.45. The van der Waals surface area contributed by atoms with Crippen LogP contribution < -0.4 is 10.6 Å². The molecule has 0 fully saturated rings. The van der Waals surface area contributed by atoms with Gasteiger partial charge in [-0.05, 0) is 35.7 Å². The molecule has 9 heteroatoms. The molecule has 9 nitrogen and oxygen atoms in total. The number of furan rings is 1. The number of carbonyl (C=O) groups excluding carboxylic acids is 2. The van der Waals surface area contributed by atoms with E-state index in [-0.39, 0.29) is 24.0 Å². The number of anilines is 1. The van der Waals surface area contributed by atoms with Crippen molar-refractivity contribution in [3.05, 3.63) is 93.9 Å². The predicted molar refractivity (Wildman–Crippen MR) is 117 cm³/mol. The summed E-state index contributed by atoms with van der Waals surface area (Å²) in [6.45, 7) is 1.67. The van der Waals surface area contributed by atoms with Crippen molar-refractivity contribution in [1.82, 2.24) is 10.2 Å². The largest absolute Gasteiger partial charge is 0.468 e. The molecule has 4 rings (SSSR count). The lowest BCUT2D eigenvalue weighted by molar-refractivity contribution is -0.384. The first-order valence-electron chi connectivity index (χ1n) is 10.2. The Hall–Kier alpha value is -3.98. The van der Waals surface area contributed by atoms with Crippen LogP contribution in [0, 0.1) is 10.1 Å². The number of fused-ring (bicyclic) bond motifs is 1. The van der Waals surface area contributed by atoms with Crippen molar-refractivity contribution < 1.29 is 18.9 Å². The third-order valence-electron chi connectivity index (χ3n) is 5.45. The maximum atomic E-state index is 12.4. The molecule has 0 radical (unpaired) electrons. The molecule has 2 N–H and O–H groups in total. The Kier molecular flexibility index (Phi) is 6.27. The minimum absolute atomic E-state index is 0.175. The van der Waals surface area contributed by atoms with Crippen molar-refractivity contribution in [2.24, 2.45) is 0 Å². The molecule has 0 unspecified atom stereocenters. The maximum Gasteiger partial charge on any atom is 0.313 e. The van der Waals surface area contributed by atoms with Crippen LogP contribution in [-0.4, -0.2) is 34.7 Å². The summed E-state index contributed by atoms with van der Waals surface area (Å²) in [5.74, 6) is -1.03. The fraction of sp³-hybridized carbons (Fsp3) is 0.217. The van der Waals surface area contributed by atoms with Crippen LogP contribution in [0.5, 0.6) is 0 Å². The Morgan fingerprint density at radius 3 is 2.62 bits per heavy atom. The topological polar surface area (TPSA) is 118 Å². The second kappa shape index (κ2) is 9.44. The Balaban J connectivity index is 1.41. The van der Waals surface area contributed by atoms with Gasteiger partial charge >= 0.3 is 11.8 Å². The smallest absolute Gasteiger partial charge is 0.313 e. The van der Waals surface area contributed by atoms with Gasteiger partial charge in [0, 0.05) is 37.5 Å². The first-order chi connectivity index (χ1) is 15.5. The molecule has 1 atom stereocenters. The number of carbonyl (C=O) groups is 2. The van der Waals surface area contributed by atoms with Gasteiger partial charge in [-0.1, -0.05) is 30.3 Å². The summed E-state index contributed by atoms with van der Waals surface area (Å²) < 4.78 is 5.60. The van der Waals surface area contributed by atoms with Crippen LogP contribution >= 0.6 is 0 Å². The highest BCUT2D eigenvalue weighted by molar-refractivity contribution is 6.39. The highest BCUT2D eigenvalue weighted by Gasteiger charge is 2.28. The normalized spacial score (nSPS) is 14.2. The van der Waals surface area contributed by atoms with E-state index < -0.39 is 16.7 Å². The monoisotopic (exact) mass is 434 g/mol. The molecule has 0 bridgehead atoms. The molecule has 0 spiro atoms. The zero-order valence-corrected chi connectivity index (χ0v) is 17.2. The van der Waals surface area contributed by atoms with Crippen LogP contribution in [0.4, 0.5) is 11.4 Å². The fourth-order valence-corrected chi connectivity index (χ4v) is 3.83. The molecule has 32 heavy (non-hydrogen) atoms. The van der Waals surface area contributed by atoms with Crippen molar-refractivity contribution >= 4 is 23.2 Å². The number of nitro groups is 1. The van der Waals surface area contributed by atoms with E-state index >= 15 is 0 Å². The number of rotatable bonds is 6. The van der Waals surface area contributed by atoms with Crippen LogP contribution in [0.1, 0.15) is 22.9 Å². The van der Waals surface area contributed by atoms with Crippen LogP contribution in [-0.2, 0) is 22.6 Å². The summed E-state index contributed by atoms with van der Waals surface area (Å²) in [7, 11) is 0. The summed E-state index contributed by atoms with van der Waals surface area (Å²) in [6.07, 6.45) is 2.46. The molecule has 1 aliphatic heterocycles. The molecule has 0 aliphatic carbocycles. The van der Waals surface area contributed by atoms with Gasteiger partial charge in [0.2, 0.25) is 0 Å². The molecule has 1 aliphatic rings. The first kappa shape index (κ1) is 21.3. The number of nitro benzene ring substituents is 1. The van der Waals surface area contributed by atoms with Gasteiger partial charge in [0.05, 0.1) is 17.2 Å². The maximum absolute atomic E-state index is 12.4. The van der Waals surface area contributed by atoms with Crippen LogP contribution in [0.15, 0.2) is 71.3 Å². The van der Waals surface area contributed by atoms with Crippen molar-refractivity contribution in [2.45, 2.75) is 19.0 Å². The van der Waals surface area contributed by atoms with Gasteiger partial charge < -0.3 is 15.1 Å². The van der Waals surface area contributed by atoms with Crippen LogP contribution in [0.25, 0.3) is 0 Å². The minimum Gasteiger partial charge on any atom is -0.468 e. The average molecular weight is 434 g/mol. The van der Waals surface area contributed by atoms with E-state index in [1.807, 2.05) is 18.2 Å². The van der Waals surface area contributed by atoms with E-state index in [1.165, 1.54) is 35.4 Å². The zero-order valence-electron chi connectivity index (χ0n) is 17.2. The van der Waals surface area contributed by atoms with E-state index in [2.05, 4.69) is 27.7 Å². The number of nitrogens with zero attached hydrogens (tertiary/aromatic N) is 2. The van der Waals surface area contributed by atoms with Crippen molar-refractivity contribution in [1.29, 1.82) is 0 Å². The van der Waals surface area contributed by atoms with E-state index in [0.717, 1.165) is 13.0 Å². The number of nitrogens with one attached hydrogen (secondary N) is 2. The molecular weight excluding hydrogens is 412 g/mol. The number of non-ortho nitro benzene ring substituents is 1. The predicted octanol–water partition coefficient (Wildman–Crippen LogP) is 3.04. The van der Waals surface area contributed by atoms with Gasteiger partial charge in [-0.3, -0.25) is 24.6 Å². The quantitative estimate of drug-likeness (QED) is 0.350. The van der Waals surface area contributed by atoms with Crippen LogP contribution in [0.3, 0.4) is 0 Å². The Morgan fingerprint density at radius 2 is 1.88 bits per heavy atom. The van der Waals surface area contributed by atoms with Gasteiger partial charge in [0.15, 0.2) is 0 Å². The number of benzene rings is 2. The lowest BCUT2D eigenvalue weighted by Gasteiger charge is -2.34. The summed E-state index contributed by atoms with van der Waals surface area (Å²) in [5.41, 5.74) is 2.54. The molecule has 2 aromatic carbocycles. The molecule has 2 heterocycles. The van der Waals surface area contributed by atoms with Crippen molar-refractivity contribution in [3.63, 3.8) is 0 Å². The number of hydrogen-bond acceptors (Lipinski definition) is 6. The molecule has 3 aromatic rings. The van der Waals surface area contributed by atoms with Gasteiger partial charge in [-0.2, -0.15) is 0 Å². The van der Waals surface area contributed by atoms with E-state index in [0.29, 0.717) is 12.3 Å². The van der Waals surface area contributed by atoms with Crippen molar-refractivity contribution in [2.75, 3.05) is 18.4 Å². The Bertz CT molecular complexity index is 1130. The summed E-state index contributed by atoms with van der Waals surface area (Å²) in [4.78, 5) is 37.2. The third kappa shape index (κ3) is 4.84. The molecule has 2 amide bonds. The highest BCUT2D eigenvalue weighted by atomic mass is 16.6. The van der Waals surface area contributed by atoms with E-state index in [9.17, 15) is 19.7 Å². The lowest BCUT2D eigenvalue weighted by Crippen LogP contribution is -2.43. The van der Waals surface area contributed by atoms with Gasteiger partial charge in [0.1, 0.15) is 5.76 Å². The zero-order chi connectivity index (χ0) is 22.5. The molecule has 0 saturated heterocycles. The molecular formula is C23H22N4O5. The summed E-state index contributed by atoms with van der Waals surface area (Å²) in [6, 6.07) is 17.1. The van der Waals surface area contributed by atoms with Crippen molar-refractivity contribution in [3.8, 4) is 0 Å². The highest BCUT2D eigenvalue weighted by Crippen LogP contribution is 2.28. The number of amides is 2. The SMILES string of the molecule is O=C(NC[C@@H](c1ccco1)N1CCc2ccccc2C1)C(=O)Nc1cccc([N+](=O)[O-])c1. The Labute approximate surface area is 184 Å². The van der Waals surface area contributed by atoms with E-state index in [1.54, 1.807) is 12.3 Å². The second-order valence-corrected chi connectivity index (χ2v) is 7.49. The number of hydrogen-bond donors (Lipinski definition) is 2.